The minimum atomic E-state index is -0.291. The van der Waals surface area contributed by atoms with Gasteiger partial charge in [-0.2, -0.15) is 0 Å². The maximum absolute atomic E-state index is 12.2. The monoisotopic (exact) mass is 576 g/mol. The first-order valence-electron chi connectivity index (χ1n) is 11.5. The normalized spacial score (nSPS) is 16.3. The van der Waals surface area contributed by atoms with Crippen LogP contribution in [0.1, 0.15) is 53.9 Å². The fraction of sp³-hybridized carbons (Fsp3) is 0.667. The molecule has 1 aromatic rings. The molecular weight excluding hydrogens is 535 g/mol. The van der Waals surface area contributed by atoms with Crippen molar-refractivity contribution in [1.82, 2.24) is 10.6 Å². The van der Waals surface area contributed by atoms with E-state index in [1.54, 1.807) is 0 Å². The minimum absolute atomic E-state index is 0. The van der Waals surface area contributed by atoms with Crippen LogP contribution in [0.2, 0.25) is 0 Å². The van der Waals surface area contributed by atoms with Gasteiger partial charge >= 0.3 is 0 Å². The number of nitrogens with one attached hydrogen (secondary N) is 3. The van der Waals surface area contributed by atoms with Crippen LogP contribution in [0.4, 0.5) is 5.69 Å². The number of rotatable bonds is 11. The Labute approximate surface area is 215 Å². The summed E-state index contributed by atoms with van der Waals surface area (Å²) in [7, 11) is 0. The summed E-state index contributed by atoms with van der Waals surface area (Å²) >= 11 is 0. The van der Waals surface area contributed by atoms with Gasteiger partial charge in [-0.1, -0.05) is 0 Å². The van der Waals surface area contributed by atoms with Gasteiger partial charge in [0.1, 0.15) is 12.3 Å². The SMILES string of the molecule is CC(C)Oc1ccc(NC(=NCC(=O)NC(C)(C)C)NCCCOCC2CCCO2)cc1.I. The third-order valence-corrected chi connectivity index (χ3v) is 4.47. The zero-order chi connectivity index (χ0) is 23.4. The number of amides is 1. The van der Waals surface area contributed by atoms with Crippen molar-refractivity contribution in [2.45, 2.75) is 71.6 Å². The summed E-state index contributed by atoms with van der Waals surface area (Å²) in [4.78, 5) is 16.6. The molecule has 8 nitrogen and oxygen atoms in total. The molecule has 33 heavy (non-hydrogen) atoms. The predicted octanol–water partition coefficient (Wildman–Crippen LogP) is 3.95. The van der Waals surface area contributed by atoms with Crippen LogP contribution in [-0.4, -0.2) is 62.5 Å². The summed E-state index contributed by atoms with van der Waals surface area (Å²) in [5.74, 6) is 1.23. The van der Waals surface area contributed by atoms with E-state index in [0.717, 1.165) is 37.3 Å². The maximum atomic E-state index is 12.2. The highest BCUT2D eigenvalue weighted by atomic mass is 127. The van der Waals surface area contributed by atoms with Gasteiger partial charge in [-0.3, -0.25) is 4.79 Å². The molecule has 1 aliphatic rings. The first kappa shape index (κ1) is 29.4. The number of carbonyl (C=O) groups excluding carboxylic acids is 1. The number of ether oxygens (including phenoxy) is 3. The summed E-state index contributed by atoms with van der Waals surface area (Å²) in [6.45, 7) is 12.7. The lowest BCUT2D eigenvalue weighted by molar-refractivity contribution is -0.121. The van der Waals surface area contributed by atoms with Crippen molar-refractivity contribution < 1.29 is 19.0 Å². The smallest absolute Gasteiger partial charge is 0.242 e. The maximum Gasteiger partial charge on any atom is 0.242 e. The summed E-state index contributed by atoms with van der Waals surface area (Å²) in [5, 5.41) is 9.46. The Morgan fingerprint density at radius 3 is 2.58 bits per heavy atom. The van der Waals surface area contributed by atoms with Crippen LogP contribution in [-0.2, 0) is 14.3 Å². The van der Waals surface area contributed by atoms with Crippen molar-refractivity contribution in [3.8, 4) is 5.75 Å². The fourth-order valence-corrected chi connectivity index (χ4v) is 3.15. The van der Waals surface area contributed by atoms with Crippen LogP contribution < -0.4 is 20.7 Å². The van der Waals surface area contributed by atoms with Crippen molar-refractivity contribution in [2.75, 3.05) is 38.2 Å². The second-order valence-electron chi connectivity index (χ2n) is 9.27. The number of nitrogens with zero attached hydrogens (tertiary/aromatic N) is 1. The number of benzene rings is 1. The Morgan fingerprint density at radius 1 is 1.24 bits per heavy atom. The van der Waals surface area contributed by atoms with Crippen LogP contribution in [0.3, 0.4) is 0 Å². The van der Waals surface area contributed by atoms with Gasteiger partial charge in [0.05, 0.1) is 18.8 Å². The zero-order valence-electron chi connectivity index (χ0n) is 20.6. The second kappa shape index (κ2) is 15.3. The molecule has 1 heterocycles. The number of hydrogen-bond donors (Lipinski definition) is 3. The first-order chi connectivity index (χ1) is 15.2. The summed E-state index contributed by atoms with van der Waals surface area (Å²) in [5.41, 5.74) is 0.568. The average molecular weight is 577 g/mol. The molecule has 1 aromatic carbocycles. The lowest BCUT2D eigenvalue weighted by atomic mass is 10.1. The molecule has 1 saturated heterocycles. The van der Waals surface area contributed by atoms with E-state index in [-0.39, 0.29) is 54.2 Å². The van der Waals surface area contributed by atoms with Gasteiger partial charge in [-0.05, 0) is 78.1 Å². The van der Waals surface area contributed by atoms with Gasteiger partial charge in [-0.15, -0.1) is 24.0 Å². The van der Waals surface area contributed by atoms with E-state index < -0.39 is 0 Å². The van der Waals surface area contributed by atoms with Gasteiger partial charge in [-0.25, -0.2) is 4.99 Å². The van der Waals surface area contributed by atoms with E-state index in [9.17, 15) is 4.79 Å². The Hall–Kier alpha value is -1.59. The highest BCUT2D eigenvalue weighted by Gasteiger charge is 2.15. The molecule has 2 rings (SSSR count). The Morgan fingerprint density at radius 2 is 1.97 bits per heavy atom. The highest BCUT2D eigenvalue weighted by molar-refractivity contribution is 14.0. The third kappa shape index (κ3) is 13.6. The van der Waals surface area contributed by atoms with Crippen LogP contribution in [0.5, 0.6) is 5.75 Å². The Bertz CT molecular complexity index is 714. The van der Waals surface area contributed by atoms with Crippen molar-refractivity contribution >= 4 is 41.5 Å². The van der Waals surface area contributed by atoms with Gasteiger partial charge in [0.25, 0.3) is 0 Å². The van der Waals surface area contributed by atoms with E-state index in [2.05, 4.69) is 20.9 Å². The molecule has 0 spiro atoms. The van der Waals surface area contributed by atoms with Crippen LogP contribution in [0.15, 0.2) is 29.3 Å². The van der Waals surface area contributed by atoms with Gasteiger partial charge in [0.15, 0.2) is 5.96 Å². The Balaban J connectivity index is 0.00000544. The fourth-order valence-electron chi connectivity index (χ4n) is 3.15. The van der Waals surface area contributed by atoms with Gasteiger partial charge < -0.3 is 30.2 Å². The molecule has 9 heteroatoms. The van der Waals surface area contributed by atoms with Crippen LogP contribution in [0, 0.1) is 0 Å². The molecule has 0 radical (unpaired) electrons. The Kier molecular flexibility index (Phi) is 13.7. The zero-order valence-corrected chi connectivity index (χ0v) is 22.9. The summed E-state index contributed by atoms with van der Waals surface area (Å²) in [6.07, 6.45) is 3.38. The lowest BCUT2D eigenvalue weighted by Crippen LogP contribution is -2.42. The number of hydrogen-bond acceptors (Lipinski definition) is 5. The van der Waals surface area contributed by atoms with Gasteiger partial charge in [0.2, 0.25) is 5.91 Å². The lowest BCUT2D eigenvalue weighted by Gasteiger charge is -2.20. The van der Waals surface area contributed by atoms with Crippen LogP contribution in [0.25, 0.3) is 0 Å². The number of halogens is 1. The standard InChI is InChI=1S/C24H40N4O4.HI/c1-18(2)32-20-11-9-19(10-12-20)27-23(26-16-22(29)28-24(3,4)5)25-13-7-14-30-17-21-8-6-15-31-21;/h9-12,18,21H,6-8,13-17H2,1-5H3,(H,28,29)(H2,25,26,27);1H. The molecule has 0 bridgehead atoms. The van der Waals surface area contributed by atoms with Crippen molar-refractivity contribution in [3.05, 3.63) is 24.3 Å². The summed E-state index contributed by atoms with van der Waals surface area (Å²) < 4.78 is 17.0. The molecule has 1 unspecified atom stereocenters. The molecule has 0 aromatic heterocycles. The highest BCUT2D eigenvalue weighted by Crippen LogP contribution is 2.17. The number of aliphatic imine (C=N–C) groups is 1. The molecule has 188 valence electrons. The quantitative estimate of drug-likeness (QED) is 0.160. The molecular formula is C24H41IN4O4. The molecule has 1 amide bonds. The molecule has 0 saturated carbocycles. The van der Waals surface area contributed by atoms with Crippen molar-refractivity contribution in [2.24, 2.45) is 4.99 Å². The largest absolute Gasteiger partial charge is 0.491 e. The van der Waals surface area contributed by atoms with E-state index >= 15 is 0 Å². The average Bonchev–Trinajstić information content (AvgIpc) is 3.21. The summed E-state index contributed by atoms with van der Waals surface area (Å²) in [6, 6.07) is 7.67. The van der Waals surface area contributed by atoms with E-state index in [0.29, 0.717) is 25.7 Å². The molecule has 3 N–H and O–H groups in total. The van der Waals surface area contributed by atoms with Crippen molar-refractivity contribution in [3.63, 3.8) is 0 Å². The number of guanidine groups is 1. The first-order valence-corrected chi connectivity index (χ1v) is 11.5. The third-order valence-electron chi connectivity index (χ3n) is 4.47. The molecule has 1 aliphatic heterocycles. The molecule has 0 aliphatic carbocycles. The molecule has 1 atom stereocenters. The van der Waals surface area contributed by atoms with Crippen LogP contribution >= 0.6 is 24.0 Å². The second-order valence-corrected chi connectivity index (χ2v) is 9.27. The van der Waals surface area contributed by atoms with E-state index in [1.807, 2.05) is 58.9 Å². The number of carbonyl (C=O) groups is 1. The topological polar surface area (TPSA) is 93.2 Å². The number of anilines is 1. The van der Waals surface area contributed by atoms with E-state index in [1.165, 1.54) is 0 Å². The van der Waals surface area contributed by atoms with E-state index in [4.69, 9.17) is 14.2 Å². The van der Waals surface area contributed by atoms with Crippen molar-refractivity contribution in [1.29, 1.82) is 0 Å². The van der Waals surface area contributed by atoms with Gasteiger partial charge in [0, 0.05) is 31.0 Å². The minimum Gasteiger partial charge on any atom is -0.491 e. The predicted molar refractivity (Wildman–Crippen MR) is 144 cm³/mol. The molecule has 1 fully saturated rings.